The second kappa shape index (κ2) is 19.0. The summed E-state index contributed by atoms with van der Waals surface area (Å²) in [5, 5.41) is 24.6. The second-order valence-corrected chi connectivity index (χ2v) is 24.2. The molecule has 0 N–H and O–H groups in total. The normalized spacial score (nSPS) is 12.4. The van der Waals surface area contributed by atoms with Gasteiger partial charge < -0.3 is 10.6 Å². The molecule has 75 heavy (non-hydrogen) atoms. The number of rotatable bonds is 4. The van der Waals surface area contributed by atoms with Crippen molar-refractivity contribution in [3.8, 4) is 0 Å². The Hall–Kier alpha value is -7.44. The maximum Gasteiger partial charge on any atom is 2.00 e. The monoisotopic (exact) mass is 1020 g/mol. The number of hydrogen-bond donors (Lipinski definition) is 0. The molecule has 0 aliphatic rings. The van der Waals surface area contributed by atoms with Crippen molar-refractivity contribution in [2.75, 3.05) is 0 Å². The first-order chi connectivity index (χ1) is 35.2. The molecule has 0 aliphatic carbocycles. The molecule has 0 aliphatic heterocycles. The van der Waals surface area contributed by atoms with Gasteiger partial charge in [0.2, 0.25) is 0 Å². The average molecular weight is 1020 g/mol. The molecule has 0 radical (unpaired) electrons. The first kappa shape index (κ1) is 51.1. The van der Waals surface area contributed by atoms with Gasteiger partial charge in [0.15, 0.2) is 0 Å². The Balaban J connectivity index is 0.000000169. The van der Waals surface area contributed by atoms with Crippen LogP contribution >= 0.6 is 0 Å². The molecule has 0 spiro atoms. The number of benzene rings is 8. The minimum atomic E-state index is -0.0286. The van der Waals surface area contributed by atoms with E-state index >= 15 is 0 Å². The van der Waals surface area contributed by atoms with Crippen molar-refractivity contribution >= 4 is 109 Å². The van der Waals surface area contributed by atoms with E-state index in [2.05, 4.69) is 229 Å². The number of nitrogens with zero attached hydrogens (tertiary/aromatic N) is 6. The van der Waals surface area contributed by atoms with E-state index in [0.717, 1.165) is 87.9 Å². The van der Waals surface area contributed by atoms with Crippen LogP contribution in [-0.2, 0) is 38.7 Å². The fraction of sp³-hybridized carbons (Fsp3) is 0.235. The van der Waals surface area contributed by atoms with E-state index in [1.165, 1.54) is 43.8 Å². The van der Waals surface area contributed by atoms with Gasteiger partial charge in [0.25, 0.3) is 0 Å². The third kappa shape index (κ3) is 9.76. The molecule has 8 aromatic carbocycles. The minimum Gasteiger partial charge on any atom is -0.654 e. The Bertz CT molecular complexity index is 3650. The van der Waals surface area contributed by atoms with Crippen molar-refractivity contribution in [1.82, 2.24) is 19.9 Å². The Morgan fingerprint density at radius 3 is 0.667 bits per heavy atom. The van der Waals surface area contributed by atoms with Gasteiger partial charge >= 0.3 is 17.1 Å². The molecule has 0 fully saturated rings. The minimum absolute atomic E-state index is 0. The maximum absolute atomic E-state index is 5.33. The van der Waals surface area contributed by atoms with E-state index in [-0.39, 0.29) is 38.7 Å². The summed E-state index contributed by atoms with van der Waals surface area (Å²) in [6.45, 7) is 27.0. The van der Waals surface area contributed by atoms with Crippen molar-refractivity contribution in [1.29, 1.82) is 0 Å². The van der Waals surface area contributed by atoms with Crippen LogP contribution in [0.5, 0.6) is 0 Å². The van der Waals surface area contributed by atoms with Gasteiger partial charge in [-0.05, 0) is 89.7 Å². The molecule has 0 saturated carbocycles. The molecule has 0 atom stereocenters. The van der Waals surface area contributed by atoms with Crippen LogP contribution in [0.2, 0.25) is 0 Å². The molecular formula is C68H64FeN6. The first-order valence-electron chi connectivity index (χ1n) is 25.9. The number of fused-ring (bicyclic) bond motifs is 12. The number of aromatic nitrogens is 4. The molecule has 4 aromatic heterocycles. The summed E-state index contributed by atoms with van der Waals surface area (Å²) >= 11 is 0. The van der Waals surface area contributed by atoms with Crippen LogP contribution in [0.1, 0.15) is 105 Å². The van der Waals surface area contributed by atoms with Gasteiger partial charge in [0, 0.05) is 67.9 Å². The van der Waals surface area contributed by atoms with E-state index in [4.69, 9.17) is 30.6 Å². The molecule has 0 unspecified atom stereocenters. The van der Waals surface area contributed by atoms with Crippen molar-refractivity contribution in [2.45, 2.75) is 105 Å². The summed E-state index contributed by atoms with van der Waals surface area (Å²) in [5.74, 6) is 0. The number of pyridine rings is 4. The molecule has 12 rings (SSSR count). The Labute approximate surface area is 451 Å². The predicted molar refractivity (Wildman–Crippen MR) is 317 cm³/mol. The van der Waals surface area contributed by atoms with E-state index in [0.29, 0.717) is 0 Å². The van der Waals surface area contributed by atoms with Crippen LogP contribution in [0.4, 0.5) is 22.7 Å². The van der Waals surface area contributed by atoms with Gasteiger partial charge in [-0.2, -0.15) is 0 Å². The smallest absolute Gasteiger partial charge is 0.654 e. The largest absolute Gasteiger partial charge is 2.00 e. The van der Waals surface area contributed by atoms with E-state index in [1.54, 1.807) is 0 Å². The van der Waals surface area contributed by atoms with Gasteiger partial charge in [-0.1, -0.05) is 204 Å². The summed E-state index contributed by atoms with van der Waals surface area (Å²) in [4.78, 5) is 19.7. The summed E-state index contributed by atoms with van der Waals surface area (Å²) in [7, 11) is 0. The van der Waals surface area contributed by atoms with Crippen molar-refractivity contribution in [2.24, 2.45) is 0 Å². The van der Waals surface area contributed by atoms with Crippen molar-refractivity contribution < 1.29 is 17.1 Å². The molecule has 0 bridgehead atoms. The molecule has 0 saturated heterocycles. The van der Waals surface area contributed by atoms with E-state index in [1.807, 2.05) is 24.8 Å². The zero-order valence-corrected chi connectivity index (χ0v) is 46.3. The first-order valence-corrected chi connectivity index (χ1v) is 25.9. The van der Waals surface area contributed by atoms with Crippen molar-refractivity contribution in [3.63, 3.8) is 0 Å². The predicted octanol–water partition coefficient (Wildman–Crippen LogP) is 20.0. The fourth-order valence-corrected chi connectivity index (χ4v) is 10.1. The Morgan fingerprint density at radius 2 is 0.467 bits per heavy atom. The molecule has 6 nitrogen and oxygen atoms in total. The average Bonchev–Trinajstić information content (AvgIpc) is 3.37. The van der Waals surface area contributed by atoms with Crippen LogP contribution in [-0.4, -0.2) is 19.9 Å². The van der Waals surface area contributed by atoms with Gasteiger partial charge in [-0.15, -0.1) is 22.7 Å². The van der Waals surface area contributed by atoms with E-state index in [9.17, 15) is 0 Å². The molecular weight excluding hydrogens is 957 g/mol. The van der Waals surface area contributed by atoms with Crippen molar-refractivity contribution in [3.05, 3.63) is 203 Å². The third-order valence-electron chi connectivity index (χ3n) is 14.6. The van der Waals surface area contributed by atoms with Gasteiger partial charge in [0.1, 0.15) is 0 Å². The van der Waals surface area contributed by atoms with Gasteiger partial charge in [0.05, 0.1) is 22.1 Å². The van der Waals surface area contributed by atoms with E-state index < -0.39 is 0 Å². The fourth-order valence-electron chi connectivity index (χ4n) is 10.1. The van der Waals surface area contributed by atoms with Crippen LogP contribution in [0, 0.1) is 0 Å². The Kier molecular flexibility index (Phi) is 13.0. The summed E-state index contributed by atoms with van der Waals surface area (Å²) in [6.07, 6.45) is 7.84. The van der Waals surface area contributed by atoms with Crippen LogP contribution in [0.25, 0.3) is 97.3 Å². The summed E-state index contributed by atoms with van der Waals surface area (Å²) < 4.78 is 0. The summed E-state index contributed by atoms with van der Waals surface area (Å²) in [6, 6.07) is 51.8. The SMILES string of the molecule is CC(C)(C)c1cc([N-]c2cc(C(C)(C)C)cc3c2ncc2ccccc23)c2ncc3ccccc3c2c1.CC(C)(C)c1cc([N-]c2cc(C(C)(C)C)cc3c2ncc2ccccc23)c2ncc3ccccc3c2c1.[Fe+2]. The molecule has 4 heterocycles. The summed E-state index contributed by atoms with van der Waals surface area (Å²) in [5.41, 5.74) is 12.1. The van der Waals surface area contributed by atoms with Crippen LogP contribution < -0.4 is 0 Å². The number of hydrogen-bond acceptors (Lipinski definition) is 4. The maximum atomic E-state index is 5.33. The Morgan fingerprint density at radius 1 is 0.267 bits per heavy atom. The topological polar surface area (TPSA) is 79.8 Å². The van der Waals surface area contributed by atoms with Crippen LogP contribution in [0.3, 0.4) is 0 Å². The molecule has 12 aromatic rings. The second-order valence-electron chi connectivity index (χ2n) is 24.2. The standard InChI is InChI=1S/2C34H32N3.Fe/c2*1-33(2,3)23-15-27-25-13-9-7-11-21(25)19-35-31(27)29(17-23)37-30-18-24(34(4,5)6)16-28-26-14-10-8-12-22(26)20-36-32(28)30;/h2*7-20H,1-6H3;/q2*-1;+2. The molecule has 0 amide bonds. The molecule has 7 heteroatoms. The van der Waals surface area contributed by atoms with Crippen LogP contribution in [0.15, 0.2) is 170 Å². The van der Waals surface area contributed by atoms with Gasteiger partial charge in [-0.25, -0.2) is 0 Å². The van der Waals surface area contributed by atoms with Gasteiger partial charge in [-0.3, -0.25) is 19.9 Å². The zero-order chi connectivity index (χ0) is 51.9. The zero-order valence-electron chi connectivity index (χ0n) is 45.2. The molecule has 374 valence electrons. The third-order valence-corrected chi connectivity index (χ3v) is 14.6. The quantitative estimate of drug-likeness (QED) is 0.130.